The maximum Gasteiger partial charge on any atom is 0.296 e. The van der Waals surface area contributed by atoms with Gasteiger partial charge in [-0.3, -0.25) is 0 Å². The van der Waals surface area contributed by atoms with Crippen LogP contribution in [0.2, 0.25) is 0 Å². The summed E-state index contributed by atoms with van der Waals surface area (Å²) in [5.41, 5.74) is 0.858. The van der Waals surface area contributed by atoms with Crippen LogP contribution in [0.5, 0.6) is 0 Å². The molecule has 3 nitrogen and oxygen atoms in total. The second-order valence-corrected chi connectivity index (χ2v) is 7.66. The molecule has 0 heterocycles. The minimum Gasteiger partial charge on any atom is -0.378 e. The van der Waals surface area contributed by atoms with Gasteiger partial charge in [0.1, 0.15) is 17.6 Å². The highest BCUT2D eigenvalue weighted by Crippen LogP contribution is 2.29. The van der Waals surface area contributed by atoms with Crippen molar-refractivity contribution in [3.05, 3.63) is 35.4 Å². The van der Waals surface area contributed by atoms with Crippen LogP contribution in [0.1, 0.15) is 38.8 Å². The molecule has 0 aliphatic heterocycles. The molecule has 1 aromatic carbocycles. The molecule has 118 valence electrons. The summed E-state index contributed by atoms with van der Waals surface area (Å²) in [5.74, 6) is -3.06. The number of halogens is 2. The predicted molar refractivity (Wildman–Crippen MR) is 82.3 cm³/mol. The maximum absolute atomic E-state index is 13.8. The van der Waals surface area contributed by atoms with Gasteiger partial charge in [-0.15, -0.1) is 0 Å². The van der Waals surface area contributed by atoms with E-state index in [0.717, 1.165) is 0 Å². The Bertz CT molecular complexity index is 551. The van der Waals surface area contributed by atoms with Crippen LogP contribution >= 0.6 is 0 Å². The summed E-state index contributed by atoms with van der Waals surface area (Å²) in [5, 5.41) is 0. The van der Waals surface area contributed by atoms with Crippen molar-refractivity contribution in [2.45, 2.75) is 38.4 Å². The highest BCUT2D eigenvalue weighted by atomic mass is 32.2. The lowest BCUT2D eigenvalue weighted by atomic mass is 10.0. The highest BCUT2D eigenvalue weighted by molar-refractivity contribution is 7.85. The summed E-state index contributed by atoms with van der Waals surface area (Å²) in [6.45, 7) is 6.41. The van der Waals surface area contributed by atoms with E-state index in [1.165, 1.54) is 25.3 Å². The van der Waals surface area contributed by atoms with Crippen molar-refractivity contribution in [1.29, 1.82) is 0 Å². The monoisotopic (exact) mass is 317 g/mol. The first-order chi connectivity index (χ1) is 9.58. The second-order valence-electron chi connectivity index (χ2n) is 5.76. The Hall–Kier alpha value is -1.14. The average molecular weight is 317 g/mol. The lowest BCUT2D eigenvalue weighted by Crippen LogP contribution is -2.21. The molecule has 0 fully saturated rings. The van der Waals surface area contributed by atoms with Crippen LogP contribution in [0.15, 0.2) is 28.7 Å². The largest absolute Gasteiger partial charge is 0.378 e. The Kier molecular flexibility index (Phi) is 5.75. The molecule has 0 bridgehead atoms. The third-order valence-corrected chi connectivity index (χ3v) is 4.26. The first-order valence-electron chi connectivity index (χ1n) is 6.53. The Morgan fingerprint density at radius 1 is 1.33 bits per heavy atom. The summed E-state index contributed by atoms with van der Waals surface area (Å²) in [6, 6.07) is 5.91. The van der Waals surface area contributed by atoms with Crippen molar-refractivity contribution in [3.8, 4) is 0 Å². The molecule has 0 saturated heterocycles. The predicted octanol–water partition coefficient (Wildman–Crippen LogP) is 3.70. The minimum absolute atomic E-state index is 0.141. The zero-order valence-corrected chi connectivity index (χ0v) is 13.8. The fourth-order valence-corrected chi connectivity index (χ4v) is 2.18. The van der Waals surface area contributed by atoms with Crippen molar-refractivity contribution >= 4 is 16.7 Å². The Morgan fingerprint density at radius 2 is 1.95 bits per heavy atom. The molecule has 0 spiro atoms. The van der Waals surface area contributed by atoms with Gasteiger partial charge in [-0.05, 0) is 39.3 Å². The first-order valence-corrected chi connectivity index (χ1v) is 7.63. The van der Waals surface area contributed by atoms with E-state index in [1.54, 1.807) is 13.0 Å². The molecule has 0 aliphatic carbocycles. The summed E-state index contributed by atoms with van der Waals surface area (Å²) >= 11 is 0. The zero-order valence-electron chi connectivity index (χ0n) is 12.9. The minimum atomic E-state index is -3.06. The van der Waals surface area contributed by atoms with Crippen molar-refractivity contribution in [2.75, 3.05) is 13.7 Å². The Balaban J connectivity index is 3.11. The lowest BCUT2D eigenvalue weighted by Gasteiger charge is -2.17. The number of nitrogens with zero attached hydrogens (tertiary/aromatic N) is 1. The molecular weight excluding hydrogens is 296 g/mol. The van der Waals surface area contributed by atoms with Gasteiger partial charge in [0.05, 0.1) is 10.5 Å². The van der Waals surface area contributed by atoms with Gasteiger partial charge in [-0.2, -0.15) is 13.2 Å². The molecule has 6 heteroatoms. The second kappa shape index (κ2) is 6.75. The number of rotatable bonds is 5. The fraction of sp³-hybridized carbons (Fsp3) is 0.533. The average Bonchev–Trinajstić information content (AvgIpc) is 2.37. The van der Waals surface area contributed by atoms with Crippen molar-refractivity contribution in [1.82, 2.24) is 0 Å². The molecule has 0 radical (unpaired) electrons. The van der Waals surface area contributed by atoms with Crippen LogP contribution in [-0.4, -0.2) is 28.4 Å². The van der Waals surface area contributed by atoms with Gasteiger partial charge in [-0.1, -0.05) is 18.2 Å². The zero-order chi connectivity index (χ0) is 16.3. The normalized spacial score (nSPS) is 15.1. The van der Waals surface area contributed by atoms with Crippen molar-refractivity contribution in [3.63, 3.8) is 0 Å². The lowest BCUT2D eigenvalue weighted by molar-refractivity contribution is -0.0698. The number of hydrogen-bond acceptors (Lipinski definition) is 2. The van der Waals surface area contributed by atoms with E-state index in [4.69, 9.17) is 0 Å². The molecule has 0 aromatic heterocycles. The molecule has 0 unspecified atom stereocenters. The number of alkyl halides is 2. The molecule has 21 heavy (non-hydrogen) atoms. The van der Waals surface area contributed by atoms with Crippen molar-refractivity contribution < 1.29 is 17.7 Å². The number of hydrogen-bond donors (Lipinski definition) is 0. The van der Waals surface area contributed by atoms with E-state index in [0.29, 0.717) is 11.3 Å². The van der Waals surface area contributed by atoms with E-state index in [1.807, 2.05) is 20.8 Å². The van der Waals surface area contributed by atoms with E-state index < -0.39 is 28.3 Å². The van der Waals surface area contributed by atoms with E-state index in [9.17, 15) is 13.0 Å². The van der Waals surface area contributed by atoms with Crippen LogP contribution < -0.4 is 0 Å². The first kappa shape index (κ1) is 17.9. The number of methoxy groups -OCH3 is 1. The fourth-order valence-electron chi connectivity index (χ4n) is 1.55. The Morgan fingerprint density at radius 3 is 2.48 bits per heavy atom. The number of ether oxygens (including phenoxy) is 1. The summed E-state index contributed by atoms with van der Waals surface area (Å²) < 4.78 is 47.8. The molecule has 0 N–H and O–H groups in total. The molecular formula is C15H21F2NO2S. The standard InChI is InChI=1S/C15H21F2NO2S/c1-11(18-21(19)14(2,3)4)12-7-6-8-13(9-12)15(16,17)10-20-5/h6-9H,10H2,1-5H3/b18-11+/t21-/m1/s1. The van der Waals surface area contributed by atoms with E-state index in [-0.39, 0.29) is 5.56 Å². The van der Waals surface area contributed by atoms with Gasteiger partial charge >= 0.3 is 0 Å². The molecule has 1 aromatic rings. The summed E-state index contributed by atoms with van der Waals surface area (Å²) in [7, 11) is -0.190. The third kappa shape index (κ3) is 4.97. The van der Waals surface area contributed by atoms with Gasteiger partial charge in [0, 0.05) is 12.7 Å². The van der Waals surface area contributed by atoms with E-state index in [2.05, 4.69) is 9.13 Å². The van der Waals surface area contributed by atoms with E-state index >= 15 is 0 Å². The van der Waals surface area contributed by atoms with Gasteiger partial charge in [0.25, 0.3) is 5.92 Å². The van der Waals surface area contributed by atoms with Crippen LogP contribution in [0.25, 0.3) is 0 Å². The van der Waals surface area contributed by atoms with Gasteiger partial charge in [0.15, 0.2) is 0 Å². The topological polar surface area (TPSA) is 38.7 Å². The van der Waals surface area contributed by atoms with Gasteiger partial charge in [-0.25, -0.2) is 4.21 Å². The molecule has 1 atom stereocenters. The van der Waals surface area contributed by atoms with Crippen LogP contribution in [0.4, 0.5) is 8.78 Å². The van der Waals surface area contributed by atoms with Crippen LogP contribution in [-0.2, 0) is 21.6 Å². The maximum atomic E-state index is 13.8. The SMILES string of the molecule is COCC(F)(F)c1cccc(/C(C)=N/[S@](=O)C(C)(C)C)c1. The molecule has 1 rings (SSSR count). The molecule has 0 amide bonds. The smallest absolute Gasteiger partial charge is 0.296 e. The highest BCUT2D eigenvalue weighted by Gasteiger charge is 2.31. The summed E-state index contributed by atoms with van der Waals surface area (Å²) in [6.07, 6.45) is 0. The quantitative estimate of drug-likeness (QED) is 0.777. The Labute approximate surface area is 127 Å². The van der Waals surface area contributed by atoms with Crippen molar-refractivity contribution in [2.24, 2.45) is 4.40 Å². The summed E-state index contributed by atoms with van der Waals surface area (Å²) in [4.78, 5) is 0. The van der Waals surface area contributed by atoms with Crippen LogP contribution in [0, 0.1) is 0 Å². The van der Waals surface area contributed by atoms with Gasteiger partial charge in [0.2, 0.25) is 0 Å². The van der Waals surface area contributed by atoms with Gasteiger partial charge < -0.3 is 4.74 Å². The third-order valence-electron chi connectivity index (χ3n) is 2.77. The van der Waals surface area contributed by atoms with Crippen LogP contribution in [0.3, 0.4) is 0 Å². The molecule has 0 saturated carbocycles. The molecule has 0 aliphatic rings. The number of benzene rings is 1.